The Kier molecular flexibility index (Phi) is 3.22. The molecule has 0 aliphatic carbocycles. The second-order valence-electron chi connectivity index (χ2n) is 2.76. The van der Waals surface area contributed by atoms with Crippen molar-refractivity contribution in [2.24, 2.45) is 0 Å². The molecule has 0 aliphatic heterocycles. The molecule has 0 radical (unpaired) electrons. The lowest BCUT2D eigenvalue weighted by Gasteiger charge is -2.07. The van der Waals surface area contributed by atoms with Gasteiger partial charge in [0.2, 0.25) is 11.8 Å². The number of anilines is 1. The summed E-state index contributed by atoms with van der Waals surface area (Å²) >= 11 is 0. The highest BCUT2D eigenvalue weighted by molar-refractivity contribution is 5.99. The summed E-state index contributed by atoms with van der Waals surface area (Å²) < 4.78 is 4.78. The van der Waals surface area contributed by atoms with Crippen molar-refractivity contribution in [3.63, 3.8) is 0 Å². The molecule has 0 atom stereocenters. The van der Waals surface area contributed by atoms with Gasteiger partial charge in [0.05, 0.1) is 24.6 Å². The Labute approximate surface area is 85.9 Å². The van der Waals surface area contributed by atoms with Crippen molar-refractivity contribution in [3.8, 4) is 5.88 Å². The molecule has 0 aromatic carbocycles. The number of hydrogen-bond donors (Lipinski definition) is 2. The maximum Gasteiger partial charge on any atom is 0.338 e. The Morgan fingerprint density at radius 2 is 2.20 bits per heavy atom. The maximum atomic E-state index is 10.8. The highest BCUT2D eigenvalue weighted by Crippen LogP contribution is 2.18. The molecular formula is C9H10N2O4. The molecule has 0 fully saturated rings. The molecule has 80 valence electrons. The van der Waals surface area contributed by atoms with E-state index in [1.807, 2.05) is 0 Å². The fourth-order valence-electron chi connectivity index (χ4n) is 1.01. The molecule has 0 saturated heterocycles. The fourth-order valence-corrected chi connectivity index (χ4v) is 1.01. The second-order valence-corrected chi connectivity index (χ2v) is 2.76. The van der Waals surface area contributed by atoms with E-state index in [0.717, 1.165) is 0 Å². The first-order chi connectivity index (χ1) is 7.04. The van der Waals surface area contributed by atoms with Gasteiger partial charge in [-0.3, -0.25) is 4.79 Å². The normalized spacial score (nSPS) is 9.47. The topological polar surface area (TPSA) is 88.5 Å². The number of amides is 1. The molecule has 1 aromatic rings. The molecule has 1 heterocycles. The van der Waals surface area contributed by atoms with Crippen LogP contribution in [0.2, 0.25) is 0 Å². The van der Waals surface area contributed by atoms with Crippen LogP contribution in [0.1, 0.15) is 17.3 Å². The first-order valence-electron chi connectivity index (χ1n) is 4.09. The third-order valence-electron chi connectivity index (χ3n) is 1.63. The van der Waals surface area contributed by atoms with Crippen LogP contribution >= 0.6 is 0 Å². The van der Waals surface area contributed by atoms with Gasteiger partial charge in [-0.05, 0) is 0 Å². The van der Waals surface area contributed by atoms with E-state index in [4.69, 9.17) is 9.84 Å². The number of rotatable bonds is 3. The van der Waals surface area contributed by atoms with Gasteiger partial charge in [-0.1, -0.05) is 0 Å². The van der Waals surface area contributed by atoms with E-state index in [1.54, 1.807) is 0 Å². The molecule has 0 spiro atoms. The van der Waals surface area contributed by atoms with Crippen LogP contribution in [0, 0.1) is 0 Å². The summed E-state index contributed by atoms with van der Waals surface area (Å²) in [7, 11) is 1.38. The summed E-state index contributed by atoms with van der Waals surface area (Å²) in [5.74, 6) is -1.33. The zero-order valence-corrected chi connectivity index (χ0v) is 8.27. The molecule has 1 rings (SSSR count). The maximum absolute atomic E-state index is 10.8. The number of methoxy groups -OCH3 is 1. The van der Waals surface area contributed by atoms with Crippen LogP contribution in [-0.4, -0.2) is 29.1 Å². The van der Waals surface area contributed by atoms with Crippen molar-refractivity contribution in [1.82, 2.24) is 4.98 Å². The number of carboxylic acids is 1. The van der Waals surface area contributed by atoms with Gasteiger partial charge in [-0.25, -0.2) is 9.78 Å². The smallest absolute Gasteiger partial charge is 0.338 e. The summed E-state index contributed by atoms with van der Waals surface area (Å²) in [5, 5.41) is 11.2. The molecule has 2 N–H and O–H groups in total. The van der Waals surface area contributed by atoms with Crippen molar-refractivity contribution < 1.29 is 19.4 Å². The lowest BCUT2D eigenvalue weighted by Crippen LogP contribution is -2.11. The largest absolute Gasteiger partial charge is 0.481 e. The Morgan fingerprint density at radius 1 is 1.53 bits per heavy atom. The minimum Gasteiger partial charge on any atom is -0.481 e. The lowest BCUT2D eigenvalue weighted by molar-refractivity contribution is -0.114. The first kappa shape index (κ1) is 11.0. The predicted octanol–water partition coefficient (Wildman–Crippen LogP) is 0.747. The number of aromatic carboxylic acids is 1. The summed E-state index contributed by atoms with van der Waals surface area (Å²) in [6.45, 7) is 1.29. The Hall–Kier alpha value is -2.11. The van der Waals surface area contributed by atoms with Crippen LogP contribution in [0.15, 0.2) is 12.3 Å². The van der Waals surface area contributed by atoms with Crippen molar-refractivity contribution in [2.75, 3.05) is 12.4 Å². The van der Waals surface area contributed by atoms with E-state index in [1.165, 1.54) is 26.3 Å². The molecule has 1 amide bonds. The molecule has 0 bridgehead atoms. The summed E-state index contributed by atoms with van der Waals surface area (Å²) in [5.41, 5.74) is 0.0906. The quantitative estimate of drug-likeness (QED) is 0.768. The molecule has 0 aliphatic rings. The standard InChI is InChI=1S/C9H10N2O4/c1-5(12)11-7-4-10-8(15-2)3-6(7)9(13)14/h3-4H,1-2H3,(H,11,12)(H,13,14). The van der Waals surface area contributed by atoms with E-state index in [9.17, 15) is 9.59 Å². The zero-order chi connectivity index (χ0) is 11.4. The minimum absolute atomic E-state index is 0.0583. The Morgan fingerprint density at radius 3 is 2.67 bits per heavy atom. The highest BCUT2D eigenvalue weighted by Gasteiger charge is 2.13. The SMILES string of the molecule is COc1cc(C(=O)O)c(NC(C)=O)cn1. The van der Waals surface area contributed by atoms with Gasteiger partial charge in [0.25, 0.3) is 0 Å². The fraction of sp³-hybridized carbons (Fsp3) is 0.222. The lowest BCUT2D eigenvalue weighted by atomic mass is 10.2. The molecule has 0 saturated carbocycles. The average Bonchev–Trinajstić information content (AvgIpc) is 2.17. The average molecular weight is 210 g/mol. The van der Waals surface area contributed by atoms with Gasteiger partial charge in [0, 0.05) is 13.0 Å². The van der Waals surface area contributed by atoms with Gasteiger partial charge >= 0.3 is 5.97 Å². The van der Waals surface area contributed by atoms with E-state index in [2.05, 4.69) is 10.3 Å². The van der Waals surface area contributed by atoms with Gasteiger partial charge < -0.3 is 15.2 Å². The van der Waals surface area contributed by atoms with Gasteiger partial charge in [-0.15, -0.1) is 0 Å². The number of aromatic nitrogens is 1. The number of carboxylic acid groups (broad SMARTS) is 1. The zero-order valence-electron chi connectivity index (χ0n) is 8.27. The van der Waals surface area contributed by atoms with Crippen LogP contribution in [-0.2, 0) is 4.79 Å². The Bertz CT molecular complexity index is 403. The van der Waals surface area contributed by atoms with Crippen molar-refractivity contribution in [1.29, 1.82) is 0 Å². The molecular weight excluding hydrogens is 200 g/mol. The van der Waals surface area contributed by atoms with Crippen LogP contribution < -0.4 is 10.1 Å². The van der Waals surface area contributed by atoms with Gasteiger partial charge in [-0.2, -0.15) is 0 Å². The van der Waals surface area contributed by atoms with E-state index >= 15 is 0 Å². The van der Waals surface area contributed by atoms with Crippen LogP contribution in [0.25, 0.3) is 0 Å². The third kappa shape index (κ3) is 2.67. The summed E-state index contributed by atoms with van der Waals surface area (Å²) in [4.78, 5) is 25.4. The van der Waals surface area contributed by atoms with Crippen molar-refractivity contribution in [3.05, 3.63) is 17.8 Å². The van der Waals surface area contributed by atoms with Crippen LogP contribution in [0.3, 0.4) is 0 Å². The first-order valence-corrected chi connectivity index (χ1v) is 4.09. The number of hydrogen-bond acceptors (Lipinski definition) is 4. The molecule has 1 aromatic heterocycles. The molecule has 0 unspecified atom stereocenters. The molecule has 6 nitrogen and oxygen atoms in total. The van der Waals surface area contributed by atoms with Crippen molar-refractivity contribution in [2.45, 2.75) is 6.92 Å². The molecule has 6 heteroatoms. The number of carbonyl (C=O) groups excluding carboxylic acids is 1. The van der Waals surface area contributed by atoms with Gasteiger partial charge in [0.1, 0.15) is 0 Å². The second kappa shape index (κ2) is 4.41. The number of nitrogens with zero attached hydrogens (tertiary/aromatic N) is 1. The van der Waals surface area contributed by atoms with E-state index in [0.29, 0.717) is 0 Å². The van der Waals surface area contributed by atoms with E-state index in [-0.39, 0.29) is 23.0 Å². The minimum atomic E-state index is -1.15. The van der Waals surface area contributed by atoms with Crippen LogP contribution in [0.4, 0.5) is 5.69 Å². The number of carbonyl (C=O) groups is 2. The number of ether oxygens (including phenoxy) is 1. The van der Waals surface area contributed by atoms with Crippen molar-refractivity contribution >= 4 is 17.6 Å². The number of pyridine rings is 1. The highest BCUT2D eigenvalue weighted by atomic mass is 16.5. The van der Waals surface area contributed by atoms with Gasteiger partial charge in [0.15, 0.2) is 0 Å². The third-order valence-corrected chi connectivity index (χ3v) is 1.63. The molecule has 15 heavy (non-hydrogen) atoms. The van der Waals surface area contributed by atoms with Crippen LogP contribution in [0.5, 0.6) is 5.88 Å². The van der Waals surface area contributed by atoms with E-state index < -0.39 is 5.97 Å². The predicted molar refractivity (Wildman–Crippen MR) is 52.1 cm³/mol. The number of nitrogens with one attached hydrogen (secondary N) is 1. The summed E-state index contributed by atoms with van der Waals surface area (Å²) in [6.07, 6.45) is 1.24. The Balaban J connectivity index is 3.15. The summed E-state index contributed by atoms with van der Waals surface area (Å²) in [6, 6.07) is 1.24. The monoisotopic (exact) mass is 210 g/mol.